The van der Waals surface area contributed by atoms with Gasteiger partial charge in [-0.05, 0) is 30.5 Å². The van der Waals surface area contributed by atoms with Gasteiger partial charge in [0.2, 0.25) is 0 Å². The van der Waals surface area contributed by atoms with Gasteiger partial charge in [-0.15, -0.1) is 0 Å². The van der Waals surface area contributed by atoms with Gasteiger partial charge in [-0.3, -0.25) is 0 Å². The minimum absolute atomic E-state index is 0.130. The summed E-state index contributed by atoms with van der Waals surface area (Å²) in [6.07, 6.45) is 1.39. The number of hydrogen-bond acceptors (Lipinski definition) is 4. The van der Waals surface area contributed by atoms with Crippen LogP contribution in [0.4, 0.5) is 0 Å². The standard InChI is InChI=1S/C14H20ClNO3/c15-12-3-1-11(2-4-12)8-19-9-13(18)7-16-14(10-17)5-6-14/h1-4,13,16-18H,5-10H2. The third kappa shape index (κ3) is 4.75. The smallest absolute Gasteiger partial charge is 0.0898 e. The molecule has 1 unspecified atom stereocenters. The SMILES string of the molecule is OCC1(NCC(O)COCc2ccc(Cl)cc2)CC1. The van der Waals surface area contributed by atoms with Crippen molar-refractivity contribution >= 4 is 11.6 Å². The largest absolute Gasteiger partial charge is 0.394 e. The highest BCUT2D eigenvalue weighted by atomic mass is 35.5. The van der Waals surface area contributed by atoms with E-state index in [0.29, 0.717) is 18.2 Å². The van der Waals surface area contributed by atoms with Crippen LogP contribution in [0.5, 0.6) is 0 Å². The average Bonchev–Trinajstić information content (AvgIpc) is 3.19. The molecular formula is C14H20ClNO3. The molecule has 0 bridgehead atoms. The minimum atomic E-state index is -0.559. The summed E-state index contributed by atoms with van der Waals surface area (Å²) in [7, 11) is 0. The molecule has 4 nitrogen and oxygen atoms in total. The van der Waals surface area contributed by atoms with Crippen LogP contribution in [0, 0.1) is 0 Å². The van der Waals surface area contributed by atoms with Crippen LogP contribution in [-0.2, 0) is 11.3 Å². The zero-order chi connectivity index (χ0) is 13.7. The molecule has 0 aromatic heterocycles. The number of halogens is 1. The number of aliphatic hydroxyl groups excluding tert-OH is 2. The normalized spacial score (nSPS) is 18.3. The maximum atomic E-state index is 9.77. The molecule has 0 radical (unpaired) electrons. The Labute approximate surface area is 118 Å². The lowest BCUT2D eigenvalue weighted by Gasteiger charge is -2.17. The van der Waals surface area contributed by atoms with Gasteiger partial charge in [0.25, 0.3) is 0 Å². The summed E-state index contributed by atoms with van der Waals surface area (Å²) in [5.74, 6) is 0. The van der Waals surface area contributed by atoms with Crippen molar-refractivity contribution in [3.05, 3.63) is 34.9 Å². The Bertz CT molecular complexity index is 392. The second kappa shape index (κ2) is 6.68. The van der Waals surface area contributed by atoms with Gasteiger partial charge in [0, 0.05) is 17.1 Å². The quantitative estimate of drug-likeness (QED) is 0.674. The van der Waals surface area contributed by atoms with Crippen LogP contribution in [0.2, 0.25) is 5.02 Å². The predicted molar refractivity (Wildman–Crippen MR) is 74.2 cm³/mol. The van der Waals surface area contributed by atoms with E-state index in [2.05, 4.69) is 5.32 Å². The lowest BCUT2D eigenvalue weighted by Crippen LogP contribution is -2.41. The second-order valence-electron chi connectivity index (χ2n) is 5.11. The average molecular weight is 286 g/mol. The highest BCUT2D eigenvalue weighted by Gasteiger charge is 2.41. The van der Waals surface area contributed by atoms with Crippen molar-refractivity contribution in [2.24, 2.45) is 0 Å². The molecule has 1 aliphatic carbocycles. The van der Waals surface area contributed by atoms with Gasteiger partial charge >= 0.3 is 0 Å². The summed E-state index contributed by atoms with van der Waals surface area (Å²) in [4.78, 5) is 0. The molecule has 1 aromatic carbocycles. The first-order valence-corrected chi connectivity index (χ1v) is 6.87. The van der Waals surface area contributed by atoms with E-state index >= 15 is 0 Å². The molecule has 0 aliphatic heterocycles. The van der Waals surface area contributed by atoms with Crippen LogP contribution in [0.15, 0.2) is 24.3 Å². The Hall–Kier alpha value is -0.650. The Morgan fingerprint density at radius 1 is 1.32 bits per heavy atom. The summed E-state index contributed by atoms with van der Waals surface area (Å²) in [6, 6.07) is 7.43. The number of hydrogen-bond donors (Lipinski definition) is 3. The number of ether oxygens (including phenoxy) is 1. The molecule has 1 fully saturated rings. The van der Waals surface area contributed by atoms with Crippen molar-refractivity contribution < 1.29 is 14.9 Å². The van der Waals surface area contributed by atoms with E-state index in [4.69, 9.17) is 21.4 Å². The number of nitrogens with one attached hydrogen (secondary N) is 1. The van der Waals surface area contributed by atoms with E-state index in [1.165, 1.54) is 0 Å². The maximum absolute atomic E-state index is 9.77. The molecule has 1 aromatic rings. The van der Waals surface area contributed by atoms with E-state index in [-0.39, 0.29) is 18.8 Å². The molecule has 2 rings (SSSR count). The van der Waals surface area contributed by atoms with Gasteiger partial charge in [-0.1, -0.05) is 23.7 Å². The van der Waals surface area contributed by atoms with Gasteiger partial charge in [-0.2, -0.15) is 0 Å². The van der Waals surface area contributed by atoms with Crippen LogP contribution in [0.25, 0.3) is 0 Å². The monoisotopic (exact) mass is 285 g/mol. The van der Waals surface area contributed by atoms with Crippen LogP contribution in [0.3, 0.4) is 0 Å². The van der Waals surface area contributed by atoms with Crippen LogP contribution in [-0.4, -0.2) is 41.6 Å². The van der Waals surface area contributed by atoms with Gasteiger partial charge in [0.15, 0.2) is 0 Å². The van der Waals surface area contributed by atoms with Crippen molar-refractivity contribution in [3.63, 3.8) is 0 Å². The zero-order valence-corrected chi connectivity index (χ0v) is 11.6. The van der Waals surface area contributed by atoms with Crippen molar-refractivity contribution in [2.45, 2.75) is 31.1 Å². The molecule has 0 spiro atoms. The number of β-amino-alcohol motifs (C(OH)–C–C–N with tert-alkyl or cyclic N) is 1. The fourth-order valence-electron chi connectivity index (χ4n) is 1.83. The number of aliphatic hydroxyl groups is 2. The maximum Gasteiger partial charge on any atom is 0.0898 e. The highest BCUT2D eigenvalue weighted by molar-refractivity contribution is 6.30. The number of benzene rings is 1. The van der Waals surface area contributed by atoms with Gasteiger partial charge < -0.3 is 20.3 Å². The first-order chi connectivity index (χ1) is 9.13. The predicted octanol–water partition coefficient (Wildman–Crippen LogP) is 1.33. The number of rotatable bonds is 8. The highest BCUT2D eigenvalue weighted by Crippen LogP contribution is 2.34. The van der Waals surface area contributed by atoms with E-state index < -0.39 is 6.10 Å². The molecule has 106 valence electrons. The molecule has 3 N–H and O–H groups in total. The van der Waals surface area contributed by atoms with E-state index in [1.54, 1.807) is 0 Å². The summed E-state index contributed by atoms with van der Waals surface area (Å²) < 4.78 is 5.45. The summed E-state index contributed by atoms with van der Waals surface area (Å²) in [5.41, 5.74) is 0.885. The lowest BCUT2D eigenvalue weighted by atomic mass is 10.2. The lowest BCUT2D eigenvalue weighted by molar-refractivity contribution is 0.0259. The molecule has 5 heteroatoms. The molecule has 0 saturated heterocycles. The Balaban J connectivity index is 1.61. The van der Waals surface area contributed by atoms with Crippen LogP contribution in [0.1, 0.15) is 18.4 Å². The fraction of sp³-hybridized carbons (Fsp3) is 0.571. The molecular weight excluding hydrogens is 266 g/mol. The summed E-state index contributed by atoms with van der Waals surface area (Å²) in [6.45, 7) is 1.31. The minimum Gasteiger partial charge on any atom is -0.394 e. The van der Waals surface area contributed by atoms with Crippen molar-refractivity contribution in [2.75, 3.05) is 19.8 Å². The van der Waals surface area contributed by atoms with Crippen LogP contribution >= 0.6 is 11.6 Å². The third-order valence-corrected chi connectivity index (χ3v) is 3.61. The van der Waals surface area contributed by atoms with Crippen molar-refractivity contribution in [3.8, 4) is 0 Å². The molecule has 1 aliphatic rings. The van der Waals surface area contributed by atoms with Crippen molar-refractivity contribution in [1.29, 1.82) is 0 Å². The first-order valence-electron chi connectivity index (χ1n) is 6.50. The third-order valence-electron chi connectivity index (χ3n) is 3.36. The van der Waals surface area contributed by atoms with Gasteiger partial charge in [0.1, 0.15) is 0 Å². The van der Waals surface area contributed by atoms with E-state index in [9.17, 15) is 5.11 Å². The topological polar surface area (TPSA) is 61.7 Å². The first kappa shape index (κ1) is 14.8. The zero-order valence-electron chi connectivity index (χ0n) is 10.8. The van der Waals surface area contributed by atoms with Crippen molar-refractivity contribution in [1.82, 2.24) is 5.32 Å². The van der Waals surface area contributed by atoms with E-state index in [1.807, 2.05) is 24.3 Å². The Kier molecular flexibility index (Phi) is 5.19. The molecule has 1 atom stereocenters. The molecule has 19 heavy (non-hydrogen) atoms. The molecule has 0 amide bonds. The van der Waals surface area contributed by atoms with E-state index in [0.717, 1.165) is 18.4 Å². The second-order valence-corrected chi connectivity index (χ2v) is 5.55. The fourth-order valence-corrected chi connectivity index (χ4v) is 1.95. The van der Waals surface area contributed by atoms with Crippen LogP contribution < -0.4 is 5.32 Å². The summed E-state index contributed by atoms with van der Waals surface area (Å²) >= 11 is 5.79. The molecule has 1 saturated carbocycles. The van der Waals surface area contributed by atoms with Gasteiger partial charge in [-0.25, -0.2) is 0 Å². The Morgan fingerprint density at radius 2 is 2.00 bits per heavy atom. The molecule has 0 heterocycles. The van der Waals surface area contributed by atoms with Gasteiger partial charge in [0.05, 0.1) is 25.9 Å². The Morgan fingerprint density at radius 3 is 2.58 bits per heavy atom. The summed E-state index contributed by atoms with van der Waals surface area (Å²) in [5, 5.41) is 22.8.